The SMILES string of the molecule is O=C1CC(O)(O)Oc2ccc(-c3nc(=O)[nH]o3)cc21. The number of fused-ring (bicyclic) bond motifs is 1. The van der Waals surface area contributed by atoms with Crippen molar-refractivity contribution in [3.8, 4) is 17.2 Å². The first kappa shape index (κ1) is 11.6. The molecule has 0 saturated carbocycles. The van der Waals surface area contributed by atoms with Crippen molar-refractivity contribution in [1.29, 1.82) is 0 Å². The molecule has 98 valence electrons. The highest BCUT2D eigenvalue weighted by molar-refractivity contribution is 6.00. The van der Waals surface area contributed by atoms with Gasteiger partial charge in [0.1, 0.15) is 12.2 Å². The van der Waals surface area contributed by atoms with E-state index in [1.807, 2.05) is 5.16 Å². The van der Waals surface area contributed by atoms with Crippen molar-refractivity contribution in [1.82, 2.24) is 10.1 Å². The Labute approximate surface area is 105 Å². The van der Waals surface area contributed by atoms with Gasteiger partial charge in [-0.25, -0.2) is 4.79 Å². The number of ketones is 1. The highest BCUT2D eigenvalue weighted by atomic mass is 16.8. The largest absolute Gasteiger partial charge is 0.438 e. The van der Waals surface area contributed by atoms with Crippen molar-refractivity contribution < 1.29 is 24.3 Å². The molecular weight excluding hydrogens is 256 g/mol. The van der Waals surface area contributed by atoms with Gasteiger partial charge in [-0.2, -0.15) is 10.1 Å². The molecule has 8 heteroatoms. The summed E-state index contributed by atoms with van der Waals surface area (Å²) in [7, 11) is 0. The molecule has 0 amide bonds. The second kappa shape index (κ2) is 3.77. The molecule has 3 N–H and O–H groups in total. The van der Waals surface area contributed by atoms with E-state index in [-0.39, 0.29) is 17.2 Å². The first-order chi connectivity index (χ1) is 8.94. The highest BCUT2D eigenvalue weighted by Crippen LogP contribution is 2.33. The Balaban J connectivity index is 2.08. The maximum absolute atomic E-state index is 11.8. The Bertz CT molecular complexity index is 714. The zero-order valence-electron chi connectivity index (χ0n) is 9.41. The van der Waals surface area contributed by atoms with Gasteiger partial charge < -0.3 is 19.5 Å². The van der Waals surface area contributed by atoms with Gasteiger partial charge in [-0.15, -0.1) is 0 Å². The van der Waals surface area contributed by atoms with Crippen LogP contribution in [0, 0.1) is 0 Å². The number of aliphatic hydroxyl groups is 2. The van der Waals surface area contributed by atoms with Crippen LogP contribution in [0.1, 0.15) is 16.8 Å². The van der Waals surface area contributed by atoms with Crippen LogP contribution in [0.25, 0.3) is 11.5 Å². The molecule has 1 aromatic carbocycles. The summed E-state index contributed by atoms with van der Waals surface area (Å²) in [6, 6.07) is 4.26. The summed E-state index contributed by atoms with van der Waals surface area (Å²) in [6.07, 6.45) is -0.575. The monoisotopic (exact) mass is 264 g/mol. The van der Waals surface area contributed by atoms with E-state index in [4.69, 9.17) is 9.26 Å². The molecule has 0 radical (unpaired) electrons. The summed E-state index contributed by atoms with van der Waals surface area (Å²) in [5, 5.41) is 20.7. The second-order valence-corrected chi connectivity index (χ2v) is 4.08. The van der Waals surface area contributed by atoms with E-state index in [9.17, 15) is 19.8 Å². The Morgan fingerprint density at radius 1 is 1.32 bits per heavy atom. The molecule has 0 aliphatic carbocycles. The average molecular weight is 264 g/mol. The van der Waals surface area contributed by atoms with Crippen molar-refractivity contribution in [3.63, 3.8) is 0 Å². The first-order valence-electron chi connectivity index (χ1n) is 5.31. The van der Waals surface area contributed by atoms with Crippen LogP contribution < -0.4 is 10.4 Å². The minimum absolute atomic E-state index is 0.0328. The van der Waals surface area contributed by atoms with E-state index in [1.54, 1.807) is 0 Å². The minimum atomic E-state index is -2.50. The number of carbonyl (C=O) groups excluding carboxylic acids is 1. The number of ether oxygens (including phenoxy) is 1. The number of carbonyl (C=O) groups is 1. The number of hydrogen-bond acceptors (Lipinski definition) is 7. The van der Waals surface area contributed by atoms with E-state index < -0.39 is 23.9 Å². The number of hydrogen-bond donors (Lipinski definition) is 3. The van der Waals surface area contributed by atoms with Crippen LogP contribution >= 0.6 is 0 Å². The third-order valence-corrected chi connectivity index (χ3v) is 2.63. The number of aromatic amines is 1. The zero-order valence-corrected chi connectivity index (χ0v) is 9.41. The number of rotatable bonds is 1. The molecule has 19 heavy (non-hydrogen) atoms. The summed E-state index contributed by atoms with van der Waals surface area (Å²) in [6.45, 7) is 0. The van der Waals surface area contributed by atoms with E-state index in [0.29, 0.717) is 5.56 Å². The molecular formula is C11H8N2O6. The van der Waals surface area contributed by atoms with Gasteiger partial charge in [-0.1, -0.05) is 0 Å². The van der Waals surface area contributed by atoms with Gasteiger partial charge in [0.15, 0.2) is 5.78 Å². The molecule has 1 aliphatic heterocycles. The summed E-state index contributed by atoms with van der Waals surface area (Å²) >= 11 is 0. The molecule has 0 saturated heterocycles. The van der Waals surface area contributed by atoms with Crippen LogP contribution in [-0.2, 0) is 0 Å². The summed E-state index contributed by atoms with van der Waals surface area (Å²) in [5.74, 6) is -2.91. The van der Waals surface area contributed by atoms with Crippen LogP contribution in [0.15, 0.2) is 27.5 Å². The quantitative estimate of drug-likeness (QED) is 0.600. The second-order valence-electron chi connectivity index (χ2n) is 4.08. The molecule has 0 spiro atoms. The predicted molar refractivity (Wildman–Crippen MR) is 59.3 cm³/mol. The van der Waals surface area contributed by atoms with E-state index in [0.717, 1.165) is 0 Å². The summed E-state index contributed by atoms with van der Waals surface area (Å²) < 4.78 is 9.67. The number of aromatic nitrogens is 2. The fourth-order valence-corrected chi connectivity index (χ4v) is 1.84. The molecule has 0 fully saturated rings. The smallest absolute Gasteiger partial charge is 0.377 e. The molecule has 2 aromatic rings. The zero-order chi connectivity index (χ0) is 13.6. The molecule has 0 atom stereocenters. The lowest BCUT2D eigenvalue weighted by Gasteiger charge is -2.27. The Morgan fingerprint density at radius 2 is 2.11 bits per heavy atom. The molecule has 8 nitrogen and oxygen atoms in total. The van der Waals surface area contributed by atoms with Gasteiger partial charge in [0.05, 0.1) is 5.56 Å². The van der Waals surface area contributed by atoms with Gasteiger partial charge in [-0.05, 0) is 18.2 Å². The van der Waals surface area contributed by atoms with Crippen molar-refractivity contribution in [3.05, 3.63) is 34.2 Å². The van der Waals surface area contributed by atoms with Gasteiger partial charge in [0.2, 0.25) is 0 Å². The van der Waals surface area contributed by atoms with E-state index in [1.165, 1.54) is 18.2 Å². The lowest BCUT2D eigenvalue weighted by atomic mass is 10.0. The first-order valence-corrected chi connectivity index (χ1v) is 5.31. The predicted octanol–water partition coefficient (Wildman–Crippen LogP) is -0.366. The van der Waals surface area contributed by atoms with Gasteiger partial charge >= 0.3 is 11.7 Å². The van der Waals surface area contributed by atoms with Gasteiger partial charge in [-0.3, -0.25) is 4.79 Å². The summed E-state index contributed by atoms with van der Waals surface area (Å²) in [5.41, 5.74) is -0.0701. The van der Waals surface area contributed by atoms with E-state index in [2.05, 4.69) is 4.98 Å². The average Bonchev–Trinajstić information content (AvgIpc) is 2.74. The van der Waals surface area contributed by atoms with Crippen molar-refractivity contribution in [2.45, 2.75) is 12.4 Å². The molecule has 2 heterocycles. The number of nitrogens with one attached hydrogen (secondary N) is 1. The van der Waals surface area contributed by atoms with Crippen molar-refractivity contribution >= 4 is 5.78 Å². The number of nitrogens with zero attached hydrogens (tertiary/aromatic N) is 1. The molecule has 0 bridgehead atoms. The Morgan fingerprint density at radius 3 is 2.79 bits per heavy atom. The third kappa shape index (κ3) is 2.02. The Hall–Kier alpha value is -2.45. The van der Waals surface area contributed by atoms with Crippen LogP contribution in [0.2, 0.25) is 0 Å². The molecule has 0 unspecified atom stereocenters. The fourth-order valence-electron chi connectivity index (χ4n) is 1.84. The Kier molecular flexibility index (Phi) is 2.31. The third-order valence-electron chi connectivity index (χ3n) is 2.63. The fraction of sp³-hybridized carbons (Fsp3) is 0.182. The van der Waals surface area contributed by atoms with Crippen molar-refractivity contribution in [2.24, 2.45) is 0 Å². The maximum atomic E-state index is 11.8. The molecule has 1 aliphatic rings. The molecule has 1 aromatic heterocycles. The van der Waals surface area contributed by atoms with Crippen LogP contribution in [0.5, 0.6) is 5.75 Å². The van der Waals surface area contributed by atoms with Crippen LogP contribution in [-0.4, -0.2) is 32.1 Å². The normalized spacial score (nSPS) is 16.8. The van der Waals surface area contributed by atoms with E-state index >= 15 is 0 Å². The topological polar surface area (TPSA) is 126 Å². The minimum Gasteiger partial charge on any atom is -0.438 e. The number of Topliss-reactive ketones (excluding diaryl/α,β-unsaturated/α-hetero) is 1. The van der Waals surface area contributed by atoms with Crippen LogP contribution in [0.4, 0.5) is 0 Å². The van der Waals surface area contributed by atoms with Gasteiger partial charge in [0, 0.05) is 5.56 Å². The molecule has 3 rings (SSSR count). The standard InChI is InChI=1S/C11H8N2O6/c14-7-4-11(16,17)18-8-2-1-5(3-6(7)8)9-12-10(15)13-19-9/h1-3,16-17H,4H2,(H,13,15). The van der Waals surface area contributed by atoms with Gasteiger partial charge in [0.25, 0.3) is 5.89 Å². The van der Waals surface area contributed by atoms with Crippen LogP contribution in [0.3, 0.4) is 0 Å². The lowest BCUT2D eigenvalue weighted by molar-refractivity contribution is -0.290. The lowest BCUT2D eigenvalue weighted by Crippen LogP contribution is -2.41. The maximum Gasteiger partial charge on any atom is 0.377 e. The highest BCUT2D eigenvalue weighted by Gasteiger charge is 2.37. The number of benzene rings is 1. The summed E-state index contributed by atoms with van der Waals surface area (Å²) in [4.78, 5) is 26.2. The number of H-pyrrole nitrogens is 1. The van der Waals surface area contributed by atoms with Crippen molar-refractivity contribution in [2.75, 3.05) is 0 Å².